The fraction of sp³-hybridized carbons (Fsp3) is 0.632. The largest absolute Gasteiger partial charge is 0.361 e. The van der Waals surface area contributed by atoms with Crippen LogP contribution < -0.4 is 0 Å². The lowest BCUT2D eigenvalue weighted by molar-refractivity contribution is 0.0861. The van der Waals surface area contributed by atoms with E-state index in [1.54, 1.807) is 0 Å². The van der Waals surface area contributed by atoms with Crippen molar-refractivity contribution in [2.45, 2.75) is 72.4 Å². The number of nitrogens with zero attached hydrogens (tertiary/aromatic N) is 4. The molecule has 5 nitrogen and oxygen atoms in total. The molecule has 0 bridgehead atoms. The Morgan fingerprint density at radius 3 is 2.56 bits per heavy atom. The Labute approximate surface area is 152 Å². The molecule has 0 aliphatic carbocycles. The van der Waals surface area contributed by atoms with Crippen molar-refractivity contribution < 1.29 is 4.74 Å². The van der Waals surface area contributed by atoms with Gasteiger partial charge in [-0.1, -0.05) is 33.0 Å². The second kappa shape index (κ2) is 8.72. The first-order chi connectivity index (χ1) is 11.8. The molecule has 0 amide bonds. The third kappa shape index (κ3) is 5.75. The summed E-state index contributed by atoms with van der Waals surface area (Å²) in [4.78, 5) is 13.8. The van der Waals surface area contributed by atoms with Gasteiger partial charge >= 0.3 is 0 Å². The van der Waals surface area contributed by atoms with Crippen LogP contribution in [0.5, 0.6) is 0 Å². The van der Waals surface area contributed by atoms with E-state index >= 15 is 0 Å². The van der Waals surface area contributed by atoms with Crippen LogP contribution in [0.15, 0.2) is 12.4 Å². The predicted octanol–water partition coefficient (Wildman–Crippen LogP) is 4.61. The Bertz CT molecular complexity index is 691. The summed E-state index contributed by atoms with van der Waals surface area (Å²) in [6.07, 6.45) is 6.98. The third-order valence-electron chi connectivity index (χ3n) is 4.23. The molecule has 0 spiro atoms. The minimum absolute atomic E-state index is 0.536. The van der Waals surface area contributed by atoms with E-state index in [1.807, 2.05) is 26.2 Å². The molecule has 0 aliphatic heterocycles. The van der Waals surface area contributed by atoms with E-state index in [0.717, 1.165) is 54.5 Å². The topological polar surface area (TPSA) is 52.8 Å². The summed E-state index contributed by atoms with van der Waals surface area (Å²) in [5.41, 5.74) is 3.76. The maximum atomic E-state index is 6.02. The molecule has 0 saturated carbocycles. The van der Waals surface area contributed by atoms with Crippen LogP contribution in [0.4, 0.5) is 0 Å². The molecule has 2 aromatic heterocycles. The predicted molar refractivity (Wildman–Crippen MR) is 105 cm³/mol. The van der Waals surface area contributed by atoms with Gasteiger partial charge in [-0.05, 0) is 26.3 Å². The van der Waals surface area contributed by atoms with Crippen LogP contribution in [0, 0.1) is 13.8 Å². The molecule has 2 aromatic rings. The zero-order valence-electron chi connectivity index (χ0n) is 16.6. The average molecular weight is 361 g/mol. The number of rotatable bonds is 9. The monoisotopic (exact) mass is 360 g/mol. The Balaban J connectivity index is 2.24. The Kier molecular flexibility index (Phi) is 6.90. The molecule has 2 heterocycles. The van der Waals surface area contributed by atoms with Crippen LogP contribution in [0.3, 0.4) is 0 Å². The van der Waals surface area contributed by atoms with Gasteiger partial charge in [0, 0.05) is 27.3 Å². The highest BCUT2D eigenvalue weighted by molar-refractivity contribution is 6.76. The number of imidazole rings is 1. The smallest absolute Gasteiger partial charge is 0.124 e. The zero-order chi connectivity index (χ0) is 18.4. The summed E-state index contributed by atoms with van der Waals surface area (Å²) in [6.45, 7) is 14.6. The first-order valence-electron chi connectivity index (χ1n) is 9.24. The number of hydrogen-bond donors (Lipinski definition) is 0. The van der Waals surface area contributed by atoms with Gasteiger partial charge in [-0.25, -0.2) is 9.97 Å². The molecule has 0 unspecified atom stereocenters. The van der Waals surface area contributed by atoms with Crippen molar-refractivity contribution in [1.29, 1.82) is 0 Å². The van der Waals surface area contributed by atoms with Gasteiger partial charge in [-0.15, -0.1) is 0 Å². The van der Waals surface area contributed by atoms with Crippen molar-refractivity contribution >= 4 is 8.07 Å². The molecular weight excluding hydrogens is 328 g/mol. The van der Waals surface area contributed by atoms with Gasteiger partial charge < -0.3 is 9.30 Å². The minimum Gasteiger partial charge on any atom is -0.361 e. The SMILES string of the molecule is CCCCc1ncc(-c2nc(C)cnc2C)n1COCC[Si](C)(C)C. The average Bonchev–Trinajstić information content (AvgIpc) is 2.93. The Morgan fingerprint density at radius 1 is 1.12 bits per heavy atom. The second-order valence-electron chi connectivity index (χ2n) is 7.88. The number of unbranched alkanes of at least 4 members (excludes halogenated alkanes) is 1. The lowest BCUT2D eigenvalue weighted by atomic mass is 10.2. The Morgan fingerprint density at radius 2 is 1.88 bits per heavy atom. The van der Waals surface area contributed by atoms with Crippen molar-refractivity contribution in [3.8, 4) is 11.4 Å². The molecule has 0 aliphatic rings. The maximum absolute atomic E-state index is 6.02. The number of hydrogen-bond acceptors (Lipinski definition) is 4. The van der Waals surface area contributed by atoms with Gasteiger partial charge in [0.05, 0.1) is 23.3 Å². The molecule has 0 N–H and O–H groups in total. The van der Waals surface area contributed by atoms with Gasteiger partial charge in [0.15, 0.2) is 0 Å². The van der Waals surface area contributed by atoms with E-state index < -0.39 is 8.07 Å². The molecule has 0 radical (unpaired) electrons. The van der Waals surface area contributed by atoms with Crippen LogP contribution in [0.25, 0.3) is 11.4 Å². The summed E-state index contributed by atoms with van der Waals surface area (Å²) in [7, 11) is -1.08. The van der Waals surface area contributed by atoms with Gasteiger partial charge in [0.2, 0.25) is 0 Å². The van der Waals surface area contributed by atoms with Gasteiger partial charge in [-0.3, -0.25) is 4.98 Å². The van der Waals surface area contributed by atoms with Crippen LogP contribution in [0.1, 0.15) is 37.0 Å². The fourth-order valence-corrected chi connectivity index (χ4v) is 3.35. The minimum atomic E-state index is -1.08. The van der Waals surface area contributed by atoms with Gasteiger partial charge in [0.25, 0.3) is 0 Å². The summed E-state index contributed by atoms with van der Waals surface area (Å²) in [6, 6.07) is 1.17. The van der Waals surface area contributed by atoms with Crippen molar-refractivity contribution in [1.82, 2.24) is 19.5 Å². The molecule has 0 atom stereocenters. The summed E-state index contributed by atoms with van der Waals surface area (Å²) >= 11 is 0. The number of ether oxygens (including phenoxy) is 1. The first kappa shape index (κ1) is 19.8. The van der Waals surface area contributed by atoms with Crippen LogP contribution in [0.2, 0.25) is 25.7 Å². The summed E-state index contributed by atoms with van der Waals surface area (Å²) < 4.78 is 8.19. The summed E-state index contributed by atoms with van der Waals surface area (Å²) in [5, 5.41) is 0. The van der Waals surface area contributed by atoms with Crippen molar-refractivity contribution in [3.05, 3.63) is 29.6 Å². The van der Waals surface area contributed by atoms with Crippen molar-refractivity contribution in [3.63, 3.8) is 0 Å². The molecule has 2 rings (SSSR count). The molecule has 25 heavy (non-hydrogen) atoms. The first-order valence-corrected chi connectivity index (χ1v) is 13.0. The van der Waals surface area contributed by atoms with E-state index in [2.05, 4.69) is 41.1 Å². The molecule has 0 saturated heterocycles. The van der Waals surface area contributed by atoms with Crippen LogP contribution in [-0.4, -0.2) is 34.2 Å². The number of aromatic nitrogens is 4. The highest BCUT2D eigenvalue weighted by Gasteiger charge is 2.17. The quantitative estimate of drug-likeness (QED) is 0.484. The molecule has 0 aromatic carbocycles. The summed E-state index contributed by atoms with van der Waals surface area (Å²) in [5.74, 6) is 1.08. The molecule has 0 fully saturated rings. The van der Waals surface area contributed by atoms with E-state index in [9.17, 15) is 0 Å². The second-order valence-corrected chi connectivity index (χ2v) is 13.5. The fourth-order valence-electron chi connectivity index (χ4n) is 2.60. The molecule has 138 valence electrons. The van der Waals surface area contributed by atoms with Gasteiger partial charge in [-0.2, -0.15) is 0 Å². The van der Waals surface area contributed by atoms with Gasteiger partial charge in [0.1, 0.15) is 18.2 Å². The Hall–Kier alpha value is -1.53. The lowest BCUT2D eigenvalue weighted by Crippen LogP contribution is -2.22. The lowest BCUT2D eigenvalue weighted by Gasteiger charge is -2.17. The maximum Gasteiger partial charge on any atom is 0.124 e. The highest BCUT2D eigenvalue weighted by atomic mass is 28.3. The van der Waals surface area contributed by atoms with Crippen molar-refractivity contribution in [2.75, 3.05) is 6.61 Å². The molecular formula is C19H32N4OSi. The number of aryl methyl sites for hydroxylation is 3. The van der Waals surface area contributed by atoms with E-state index in [4.69, 9.17) is 9.72 Å². The third-order valence-corrected chi connectivity index (χ3v) is 5.93. The normalized spacial score (nSPS) is 11.9. The molecule has 6 heteroatoms. The van der Waals surface area contributed by atoms with E-state index in [1.165, 1.54) is 6.04 Å². The van der Waals surface area contributed by atoms with Crippen LogP contribution >= 0.6 is 0 Å². The van der Waals surface area contributed by atoms with E-state index in [0.29, 0.717) is 6.73 Å². The zero-order valence-corrected chi connectivity index (χ0v) is 17.6. The standard InChI is InChI=1S/C19H32N4OSi/c1-7-8-9-18-21-13-17(19-16(3)20-12-15(2)22-19)23(18)14-24-10-11-25(4,5)6/h12-13H,7-11,14H2,1-6H3. The van der Waals surface area contributed by atoms with Crippen molar-refractivity contribution in [2.24, 2.45) is 0 Å². The van der Waals surface area contributed by atoms with Crippen LogP contribution in [-0.2, 0) is 17.9 Å². The highest BCUT2D eigenvalue weighted by Crippen LogP contribution is 2.23. The van der Waals surface area contributed by atoms with E-state index in [-0.39, 0.29) is 0 Å².